The monoisotopic (exact) mass is 205 g/mol. The predicted octanol–water partition coefficient (Wildman–Crippen LogP) is 1.51. The highest BCUT2D eigenvalue weighted by atomic mass is 28.3. The zero-order valence-electron chi connectivity index (χ0n) is 9.38. The van der Waals surface area contributed by atoms with Gasteiger partial charge in [0.1, 0.15) is 0 Å². The molecular formula is C9H23NO2Si. The molecule has 0 spiro atoms. The summed E-state index contributed by atoms with van der Waals surface area (Å²) < 4.78 is 13.6. The smallest absolute Gasteiger partial charge is 0.385 e. The Kier molecular flexibility index (Phi) is 8.75. The minimum atomic E-state index is -1.53. The van der Waals surface area contributed by atoms with Crippen LogP contribution in [-0.4, -0.2) is 40.3 Å². The van der Waals surface area contributed by atoms with Gasteiger partial charge in [0, 0.05) is 13.2 Å². The number of hydrogen-bond donors (Lipinski definition) is 0. The lowest BCUT2D eigenvalue weighted by Gasteiger charge is -2.27. The van der Waals surface area contributed by atoms with Crippen LogP contribution in [0.2, 0.25) is 0 Å². The Hall–Kier alpha value is 0.0969. The minimum absolute atomic E-state index is 0.761. The van der Waals surface area contributed by atoms with Gasteiger partial charge in [0.05, 0.1) is 0 Å². The quantitative estimate of drug-likeness (QED) is 0.561. The third-order valence-corrected chi connectivity index (χ3v) is 4.29. The molecule has 0 aliphatic heterocycles. The van der Waals surface area contributed by atoms with Crippen LogP contribution in [0.4, 0.5) is 0 Å². The highest BCUT2D eigenvalue weighted by Gasteiger charge is 2.20. The van der Waals surface area contributed by atoms with Gasteiger partial charge in [-0.05, 0) is 33.4 Å². The van der Waals surface area contributed by atoms with Gasteiger partial charge in [-0.1, -0.05) is 13.8 Å². The molecule has 0 saturated carbocycles. The summed E-state index contributed by atoms with van der Waals surface area (Å²) in [5, 5.41) is 0. The van der Waals surface area contributed by atoms with Crippen molar-refractivity contribution in [2.75, 3.05) is 26.3 Å². The number of nitrogens with zero attached hydrogens (tertiary/aromatic N) is 1. The maximum Gasteiger partial charge on any atom is 0.411 e. The Morgan fingerprint density at radius 1 is 1.00 bits per heavy atom. The number of hydrogen-bond acceptors (Lipinski definition) is 3. The van der Waals surface area contributed by atoms with Gasteiger partial charge in [0.25, 0.3) is 0 Å². The lowest BCUT2D eigenvalue weighted by molar-refractivity contribution is 0.156. The van der Waals surface area contributed by atoms with Gasteiger partial charge in [-0.15, -0.1) is 0 Å². The SMILES string of the molecule is CCCN(CC)[SiH](OCC)OCC. The zero-order chi connectivity index (χ0) is 10.1. The van der Waals surface area contributed by atoms with Crippen molar-refractivity contribution in [3.63, 3.8) is 0 Å². The highest BCUT2D eigenvalue weighted by Crippen LogP contribution is 2.00. The Balaban J connectivity index is 3.94. The largest absolute Gasteiger partial charge is 0.411 e. The summed E-state index contributed by atoms with van der Waals surface area (Å²) in [4.78, 5) is 0. The summed E-state index contributed by atoms with van der Waals surface area (Å²) in [5.41, 5.74) is 0. The van der Waals surface area contributed by atoms with E-state index in [4.69, 9.17) is 8.85 Å². The molecule has 0 unspecified atom stereocenters. The molecule has 0 aromatic carbocycles. The molecule has 0 heterocycles. The van der Waals surface area contributed by atoms with Crippen LogP contribution in [0, 0.1) is 0 Å². The van der Waals surface area contributed by atoms with Gasteiger partial charge >= 0.3 is 9.45 Å². The van der Waals surface area contributed by atoms with Crippen LogP contribution in [0.5, 0.6) is 0 Å². The first kappa shape index (κ1) is 13.1. The fraction of sp³-hybridized carbons (Fsp3) is 1.00. The summed E-state index contributed by atoms with van der Waals surface area (Å²) in [5.74, 6) is 0. The van der Waals surface area contributed by atoms with Crippen molar-refractivity contribution in [1.82, 2.24) is 4.57 Å². The molecule has 0 aliphatic carbocycles. The molecule has 80 valence electrons. The lowest BCUT2D eigenvalue weighted by atomic mass is 10.5. The van der Waals surface area contributed by atoms with E-state index in [1.165, 1.54) is 0 Å². The first-order valence-electron chi connectivity index (χ1n) is 5.27. The van der Waals surface area contributed by atoms with E-state index in [9.17, 15) is 0 Å². The van der Waals surface area contributed by atoms with E-state index in [1.54, 1.807) is 0 Å². The van der Waals surface area contributed by atoms with Crippen molar-refractivity contribution in [2.24, 2.45) is 0 Å². The fourth-order valence-corrected chi connectivity index (χ4v) is 3.10. The Bertz CT molecular complexity index is 108. The molecule has 0 saturated heterocycles. The summed E-state index contributed by atoms with van der Waals surface area (Å²) in [7, 11) is -1.53. The predicted molar refractivity (Wildman–Crippen MR) is 57.9 cm³/mol. The van der Waals surface area contributed by atoms with E-state index in [-0.39, 0.29) is 0 Å². The van der Waals surface area contributed by atoms with Crippen molar-refractivity contribution in [3.05, 3.63) is 0 Å². The molecule has 0 atom stereocenters. The fourth-order valence-electron chi connectivity index (χ4n) is 1.24. The molecule has 0 radical (unpaired) electrons. The van der Waals surface area contributed by atoms with Crippen molar-refractivity contribution in [1.29, 1.82) is 0 Å². The summed E-state index contributed by atoms with van der Waals surface area (Å²) >= 11 is 0. The van der Waals surface area contributed by atoms with Crippen LogP contribution in [0.15, 0.2) is 0 Å². The Morgan fingerprint density at radius 2 is 1.54 bits per heavy atom. The number of rotatable bonds is 8. The van der Waals surface area contributed by atoms with E-state index in [2.05, 4.69) is 18.4 Å². The normalized spacial score (nSPS) is 11.5. The molecule has 0 aromatic heterocycles. The molecule has 0 aliphatic rings. The molecule has 0 bridgehead atoms. The minimum Gasteiger partial charge on any atom is -0.385 e. The Labute approximate surface area is 83.9 Å². The zero-order valence-corrected chi connectivity index (χ0v) is 10.5. The van der Waals surface area contributed by atoms with Crippen LogP contribution in [0.1, 0.15) is 34.1 Å². The molecule has 0 rings (SSSR count). The van der Waals surface area contributed by atoms with Crippen LogP contribution in [-0.2, 0) is 8.85 Å². The molecule has 3 nitrogen and oxygen atoms in total. The van der Waals surface area contributed by atoms with E-state index < -0.39 is 9.45 Å². The summed E-state index contributed by atoms with van der Waals surface area (Å²) in [6.45, 7) is 12.0. The van der Waals surface area contributed by atoms with Crippen LogP contribution in [0.25, 0.3) is 0 Å². The van der Waals surface area contributed by atoms with E-state index in [0.29, 0.717) is 0 Å². The van der Waals surface area contributed by atoms with E-state index in [0.717, 1.165) is 32.7 Å². The topological polar surface area (TPSA) is 21.7 Å². The van der Waals surface area contributed by atoms with Gasteiger partial charge in [-0.25, -0.2) is 0 Å². The van der Waals surface area contributed by atoms with E-state index >= 15 is 0 Å². The van der Waals surface area contributed by atoms with Crippen molar-refractivity contribution < 1.29 is 8.85 Å². The standard InChI is InChI=1S/C9H23NO2Si/c1-5-9-10(6-2)13(11-7-3)12-8-4/h13H,5-9H2,1-4H3. The van der Waals surface area contributed by atoms with Crippen molar-refractivity contribution in [2.45, 2.75) is 34.1 Å². The maximum absolute atomic E-state index is 5.63. The first-order chi connectivity index (χ1) is 6.29. The van der Waals surface area contributed by atoms with Gasteiger partial charge in [-0.2, -0.15) is 0 Å². The van der Waals surface area contributed by atoms with Crippen molar-refractivity contribution in [3.8, 4) is 0 Å². The molecular weight excluding hydrogens is 182 g/mol. The third kappa shape index (κ3) is 5.41. The average molecular weight is 205 g/mol. The summed E-state index contributed by atoms with van der Waals surface area (Å²) in [6.07, 6.45) is 1.16. The Morgan fingerprint density at radius 3 is 1.85 bits per heavy atom. The molecule has 0 aromatic rings. The second-order valence-electron chi connectivity index (χ2n) is 2.85. The molecule has 0 N–H and O–H groups in total. The van der Waals surface area contributed by atoms with Crippen LogP contribution >= 0.6 is 0 Å². The van der Waals surface area contributed by atoms with E-state index in [1.807, 2.05) is 13.8 Å². The second-order valence-corrected chi connectivity index (χ2v) is 4.86. The second kappa shape index (κ2) is 8.68. The van der Waals surface area contributed by atoms with Crippen LogP contribution < -0.4 is 0 Å². The highest BCUT2D eigenvalue weighted by molar-refractivity contribution is 6.40. The average Bonchev–Trinajstić information content (AvgIpc) is 2.14. The maximum atomic E-state index is 5.63. The van der Waals surface area contributed by atoms with Crippen molar-refractivity contribution >= 4 is 9.45 Å². The summed E-state index contributed by atoms with van der Waals surface area (Å²) in [6, 6.07) is 0. The molecule has 13 heavy (non-hydrogen) atoms. The van der Waals surface area contributed by atoms with Gasteiger partial charge in [0.2, 0.25) is 0 Å². The molecule has 0 fully saturated rings. The third-order valence-electron chi connectivity index (χ3n) is 1.83. The van der Waals surface area contributed by atoms with Gasteiger partial charge < -0.3 is 8.85 Å². The molecule has 4 heteroatoms. The van der Waals surface area contributed by atoms with Gasteiger partial charge in [-0.3, -0.25) is 4.57 Å². The van der Waals surface area contributed by atoms with Crippen LogP contribution in [0.3, 0.4) is 0 Å². The molecule has 0 amide bonds. The van der Waals surface area contributed by atoms with Gasteiger partial charge in [0.15, 0.2) is 0 Å². The lowest BCUT2D eigenvalue weighted by Crippen LogP contribution is -2.44. The first-order valence-corrected chi connectivity index (χ1v) is 6.73.